The number of rotatable bonds is 5. The van der Waals surface area contributed by atoms with Gasteiger partial charge in [-0.15, -0.1) is 24.0 Å². The monoisotopic (exact) mass is 432 g/mol. The van der Waals surface area contributed by atoms with E-state index in [2.05, 4.69) is 14.8 Å². The van der Waals surface area contributed by atoms with E-state index in [-0.39, 0.29) is 29.8 Å². The molecule has 2 fully saturated rings. The minimum Gasteiger partial charge on any atom is -0.370 e. The molecule has 23 heavy (non-hydrogen) atoms. The first-order valence-electron chi connectivity index (χ1n) is 8.28. The molecule has 2 N–H and O–H groups in total. The molecule has 0 bridgehead atoms. The zero-order valence-corrected chi connectivity index (χ0v) is 15.8. The summed E-state index contributed by atoms with van der Waals surface area (Å²) in [6.45, 7) is 4.37. The maximum atomic E-state index is 13.0. The van der Waals surface area contributed by atoms with Crippen molar-refractivity contribution in [1.29, 1.82) is 0 Å². The summed E-state index contributed by atoms with van der Waals surface area (Å²) < 4.78 is 13.0. The number of hydrogen-bond donors (Lipinski definition) is 1. The lowest BCUT2D eigenvalue weighted by Crippen LogP contribution is -2.51. The second-order valence-electron chi connectivity index (χ2n) is 6.28. The molecule has 0 atom stereocenters. The van der Waals surface area contributed by atoms with Crippen molar-refractivity contribution >= 4 is 35.6 Å². The van der Waals surface area contributed by atoms with E-state index in [9.17, 15) is 4.39 Å². The summed E-state index contributed by atoms with van der Waals surface area (Å²) in [5.41, 5.74) is 7.16. The van der Waals surface area contributed by atoms with Gasteiger partial charge in [0.05, 0.1) is 0 Å². The highest BCUT2D eigenvalue weighted by molar-refractivity contribution is 14.0. The van der Waals surface area contributed by atoms with E-state index in [1.807, 2.05) is 12.1 Å². The average molecular weight is 432 g/mol. The Morgan fingerprint density at radius 1 is 1.13 bits per heavy atom. The van der Waals surface area contributed by atoms with Gasteiger partial charge < -0.3 is 15.5 Å². The number of aliphatic imine (C=N–C) groups is 1. The van der Waals surface area contributed by atoms with Gasteiger partial charge in [-0.2, -0.15) is 0 Å². The zero-order chi connectivity index (χ0) is 15.4. The quantitative estimate of drug-likeness (QED) is 0.337. The molecule has 1 aliphatic carbocycles. The summed E-state index contributed by atoms with van der Waals surface area (Å²) in [7, 11) is 0. The molecular formula is C17H26FIN4. The Kier molecular flexibility index (Phi) is 6.92. The van der Waals surface area contributed by atoms with Gasteiger partial charge in [-0.25, -0.2) is 4.39 Å². The second kappa shape index (κ2) is 8.70. The maximum Gasteiger partial charge on any atom is 0.191 e. The topological polar surface area (TPSA) is 44.9 Å². The summed E-state index contributed by atoms with van der Waals surface area (Å²) in [6, 6.07) is 6.69. The van der Waals surface area contributed by atoms with Crippen molar-refractivity contribution in [3.63, 3.8) is 0 Å². The number of piperazine rings is 1. The molecule has 4 nitrogen and oxygen atoms in total. The third-order valence-electron chi connectivity index (χ3n) is 4.54. The van der Waals surface area contributed by atoms with Gasteiger partial charge in [0.1, 0.15) is 5.82 Å². The van der Waals surface area contributed by atoms with E-state index in [4.69, 9.17) is 5.73 Å². The van der Waals surface area contributed by atoms with Crippen LogP contribution in [-0.2, 0) is 0 Å². The Balaban J connectivity index is 0.00000192. The highest BCUT2D eigenvalue weighted by Gasteiger charge is 2.20. The molecule has 1 aliphatic heterocycles. The molecular weight excluding hydrogens is 406 g/mol. The third kappa shape index (κ3) is 5.51. The number of guanidine groups is 1. The van der Waals surface area contributed by atoms with Gasteiger partial charge in [-0.3, -0.25) is 4.99 Å². The number of hydrogen-bond acceptors (Lipinski definition) is 2. The number of anilines is 1. The van der Waals surface area contributed by atoms with Gasteiger partial charge in [0.25, 0.3) is 0 Å². The molecule has 0 spiro atoms. The largest absolute Gasteiger partial charge is 0.370 e. The smallest absolute Gasteiger partial charge is 0.191 e. The van der Waals surface area contributed by atoms with Gasteiger partial charge in [-0.05, 0) is 43.0 Å². The molecule has 0 radical (unpaired) electrons. The van der Waals surface area contributed by atoms with E-state index in [1.54, 1.807) is 0 Å². The maximum absolute atomic E-state index is 13.0. The van der Waals surface area contributed by atoms with Crippen LogP contribution in [-0.4, -0.2) is 43.6 Å². The molecule has 0 aromatic heterocycles. The molecule has 1 saturated carbocycles. The first kappa shape index (κ1) is 18.3. The van der Waals surface area contributed by atoms with Crippen LogP contribution in [0.2, 0.25) is 0 Å². The van der Waals surface area contributed by atoms with Crippen LogP contribution < -0.4 is 10.6 Å². The van der Waals surface area contributed by atoms with Gasteiger partial charge >= 0.3 is 0 Å². The number of nitrogens with zero attached hydrogens (tertiary/aromatic N) is 3. The van der Waals surface area contributed by atoms with Gasteiger partial charge in [-0.1, -0.05) is 12.8 Å². The fourth-order valence-electron chi connectivity index (χ4n) is 2.93. The van der Waals surface area contributed by atoms with Crippen LogP contribution in [0.1, 0.15) is 25.7 Å². The molecule has 3 rings (SSSR count). The summed E-state index contributed by atoms with van der Waals surface area (Å²) >= 11 is 0. The standard InChI is InChI=1S/C17H25FN4.HI/c18-15-5-7-16(8-6-15)21-10-12-22(13-11-21)17(19)20-9-1-2-14-3-4-14;/h5-8,14H,1-4,9-13H2,(H2,19,20);1H. The summed E-state index contributed by atoms with van der Waals surface area (Å²) in [6.07, 6.45) is 5.27. The molecule has 1 aromatic carbocycles. The number of benzene rings is 1. The van der Waals surface area contributed by atoms with Crippen LogP contribution in [0.5, 0.6) is 0 Å². The lowest BCUT2D eigenvalue weighted by atomic mass is 10.2. The SMILES string of the molecule is I.NC(=NCCCC1CC1)N1CCN(c2ccc(F)cc2)CC1. The Morgan fingerprint density at radius 3 is 2.39 bits per heavy atom. The summed E-state index contributed by atoms with van der Waals surface area (Å²) in [5, 5.41) is 0. The Hall–Kier alpha value is -1.05. The van der Waals surface area contributed by atoms with E-state index in [0.717, 1.165) is 50.7 Å². The highest BCUT2D eigenvalue weighted by atomic mass is 127. The van der Waals surface area contributed by atoms with Crippen molar-refractivity contribution < 1.29 is 4.39 Å². The third-order valence-corrected chi connectivity index (χ3v) is 4.54. The van der Waals surface area contributed by atoms with Crippen LogP contribution in [0.3, 0.4) is 0 Å². The van der Waals surface area contributed by atoms with Crippen molar-refractivity contribution in [1.82, 2.24) is 4.90 Å². The van der Waals surface area contributed by atoms with E-state index >= 15 is 0 Å². The summed E-state index contributed by atoms with van der Waals surface area (Å²) in [4.78, 5) is 8.92. The van der Waals surface area contributed by atoms with Crippen molar-refractivity contribution in [3.8, 4) is 0 Å². The molecule has 0 unspecified atom stereocenters. The van der Waals surface area contributed by atoms with E-state index < -0.39 is 0 Å². The minimum absolute atomic E-state index is 0. The van der Waals surface area contributed by atoms with Crippen molar-refractivity contribution in [3.05, 3.63) is 30.1 Å². The first-order chi connectivity index (χ1) is 10.7. The Bertz CT molecular complexity index is 508. The fourth-order valence-corrected chi connectivity index (χ4v) is 2.93. The lowest BCUT2D eigenvalue weighted by molar-refractivity contribution is 0.380. The molecule has 2 aliphatic rings. The molecule has 6 heteroatoms. The van der Waals surface area contributed by atoms with E-state index in [1.165, 1.54) is 31.4 Å². The molecule has 1 heterocycles. The minimum atomic E-state index is -0.190. The van der Waals surface area contributed by atoms with Crippen LogP contribution in [0.15, 0.2) is 29.3 Å². The Labute approximate surface area is 154 Å². The number of nitrogens with two attached hydrogens (primary N) is 1. The predicted molar refractivity (Wildman–Crippen MR) is 104 cm³/mol. The molecule has 128 valence electrons. The van der Waals surface area contributed by atoms with E-state index in [0.29, 0.717) is 5.96 Å². The fraction of sp³-hybridized carbons (Fsp3) is 0.588. The van der Waals surface area contributed by atoms with Gasteiger partial charge in [0.2, 0.25) is 0 Å². The van der Waals surface area contributed by atoms with Gasteiger partial charge in [0.15, 0.2) is 5.96 Å². The van der Waals surface area contributed by atoms with Crippen molar-refractivity contribution in [2.45, 2.75) is 25.7 Å². The van der Waals surface area contributed by atoms with Crippen LogP contribution >= 0.6 is 24.0 Å². The summed E-state index contributed by atoms with van der Waals surface area (Å²) in [5.74, 6) is 1.45. The zero-order valence-electron chi connectivity index (χ0n) is 13.5. The molecule has 0 amide bonds. The van der Waals surface area contributed by atoms with Crippen LogP contribution in [0.4, 0.5) is 10.1 Å². The normalized spacial score (nSPS) is 18.7. The lowest BCUT2D eigenvalue weighted by Gasteiger charge is -2.36. The molecule has 1 saturated heterocycles. The first-order valence-corrected chi connectivity index (χ1v) is 8.28. The highest BCUT2D eigenvalue weighted by Crippen LogP contribution is 2.33. The van der Waals surface area contributed by atoms with Crippen molar-refractivity contribution in [2.24, 2.45) is 16.6 Å². The van der Waals surface area contributed by atoms with Gasteiger partial charge in [0, 0.05) is 38.4 Å². The second-order valence-corrected chi connectivity index (χ2v) is 6.28. The van der Waals surface area contributed by atoms with Crippen LogP contribution in [0.25, 0.3) is 0 Å². The molecule has 1 aromatic rings. The average Bonchev–Trinajstić information content (AvgIpc) is 3.37. The Morgan fingerprint density at radius 2 is 1.78 bits per heavy atom. The van der Waals surface area contributed by atoms with Crippen LogP contribution in [0, 0.1) is 11.7 Å². The predicted octanol–water partition coefficient (Wildman–Crippen LogP) is 3.07. The number of halogens is 2. The van der Waals surface area contributed by atoms with Crippen molar-refractivity contribution in [2.75, 3.05) is 37.6 Å².